The fourth-order valence-electron chi connectivity index (χ4n) is 3.08. The van der Waals surface area contributed by atoms with E-state index in [1.54, 1.807) is 12.0 Å². The Kier molecular flexibility index (Phi) is 4.39. The van der Waals surface area contributed by atoms with Crippen LogP contribution in [0.25, 0.3) is 11.0 Å². The van der Waals surface area contributed by atoms with Crippen molar-refractivity contribution in [2.45, 2.75) is 45.1 Å². The first-order chi connectivity index (χ1) is 11.4. The Bertz CT molecular complexity index is 733. The number of piperidine rings is 1. The smallest absolute Gasteiger partial charge is 0.410 e. The quantitative estimate of drug-likeness (QED) is 0.911. The Morgan fingerprint density at radius 2 is 2.17 bits per heavy atom. The van der Waals surface area contributed by atoms with Gasteiger partial charge in [0.15, 0.2) is 0 Å². The molecule has 1 amide bonds. The topological polar surface area (TPSA) is 67.5 Å². The monoisotopic (exact) mass is 331 g/mol. The predicted molar refractivity (Wildman–Crippen MR) is 92.4 cm³/mol. The van der Waals surface area contributed by atoms with Crippen LogP contribution in [0, 0.1) is 0 Å². The lowest BCUT2D eigenvalue weighted by molar-refractivity contribution is 0.0196. The van der Waals surface area contributed by atoms with Crippen LogP contribution in [0.5, 0.6) is 5.75 Å². The summed E-state index contributed by atoms with van der Waals surface area (Å²) in [6.07, 6.45) is 1.69. The average molecular weight is 331 g/mol. The van der Waals surface area contributed by atoms with Crippen LogP contribution in [0.2, 0.25) is 0 Å². The molecule has 1 aliphatic heterocycles. The molecule has 130 valence electrons. The molecule has 3 rings (SSSR count). The zero-order valence-corrected chi connectivity index (χ0v) is 14.8. The number of ether oxygens (including phenoxy) is 2. The van der Waals surface area contributed by atoms with Gasteiger partial charge in [-0.15, -0.1) is 0 Å². The van der Waals surface area contributed by atoms with Crippen LogP contribution >= 0.6 is 0 Å². The van der Waals surface area contributed by atoms with Gasteiger partial charge >= 0.3 is 6.09 Å². The summed E-state index contributed by atoms with van der Waals surface area (Å²) in [6.45, 7) is 7.01. The van der Waals surface area contributed by atoms with Gasteiger partial charge in [0.05, 0.1) is 12.6 Å². The predicted octanol–water partition coefficient (Wildman–Crippen LogP) is 3.69. The van der Waals surface area contributed by atoms with Crippen molar-refractivity contribution in [2.75, 3.05) is 20.2 Å². The standard InChI is InChI=1S/C18H25N3O3/c1-18(2,3)24-17(22)21-10-6-7-12(11-21)16-19-13-8-5-9-14(23-4)15(13)20-16/h5,8-9,12H,6-7,10-11H2,1-4H3,(H,19,20)/t12-/m1/s1. The summed E-state index contributed by atoms with van der Waals surface area (Å²) in [5.41, 5.74) is 1.32. The van der Waals surface area contributed by atoms with Crippen LogP contribution in [0.3, 0.4) is 0 Å². The number of carbonyl (C=O) groups excluding carboxylic acids is 1. The van der Waals surface area contributed by atoms with E-state index < -0.39 is 5.60 Å². The second-order valence-electron chi connectivity index (χ2n) is 7.24. The van der Waals surface area contributed by atoms with Crippen molar-refractivity contribution in [1.82, 2.24) is 14.9 Å². The van der Waals surface area contributed by atoms with Crippen LogP contribution in [-0.4, -0.2) is 46.8 Å². The summed E-state index contributed by atoms with van der Waals surface area (Å²) < 4.78 is 10.9. The molecule has 1 saturated heterocycles. The number of hydrogen-bond acceptors (Lipinski definition) is 4. The number of nitrogens with one attached hydrogen (secondary N) is 1. The van der Waals surface area contributed by atoms with Crippen molar-refractivity contribution in [3.05, 3.63) is 24.0 Å². The number of methoxy groups -OCH3 is 1. The number of aromatic amines is 1. The summed E-state index contributed by atoms with van der Waals surface area (Å²) in [5.74, 6) is 1.85. The number of hydrogen-bond donors (Lipinski definition) is 1. The molecule has 0 spiro atoms. The van der Waals surface area contributed by atoms with Crippen molar-refractivity contribution in [2.24, 2.45) is 0 Å². The maximum Gasteiger partial charge on any atom is 0.410 e. The van der Waals surface area contributed by atoms with E-state index in [1.165, 1.54) is 0 Å². The summed E-state index contributed by atoms with van der Waals surface area (Å²) in [7, 11) is 1.65. The van der Waals surface area contributed by atoms with Crippen molar-refractivity contribution in [3.63, 3.8) is 0 Å². The summed E-state index contributed by atoms with van der Waals surface area (Å²) >= 11 is 0. The minimum Gasteiger partial charge on any atom is -0.494 e. The zero-order chi connectivity index (χ0) is 17.3. The second kappa shape index (κ2) is 6.34. The van der Waals surface area contributed by atoms with Gasteiger partial charge in [-0.3, -0.25) is 0 Å². The lowest BCUT2D eigenvalue weighted by Gasteiger charge is -2.33. The molecule has 2 aromatic rings. The van der Waals surface area contributed by atoms with E-state index in [0.717, 1.165) is 42.0 Å². The summed E-state index contributed by atoms with van der Waals surface area (Å²) in [5, 5.41) is 0. The molecule has 1 aromatic carbocycles. The molecule has 1 N–H and O–H groups in total. The molecular formula is C18H25N3O3. The third-order valence-electron chi connectivity index (χ3n) is 4.17. The van der Waals surface area contributed by atoms with E-state index >= 15 is 0 Å². The Labute approximate surface area is 142 Å². The average Bonchev–Trinajstić information content (AvgIpc) is 2.97. The van der Waals surface area contributed by atoms with E-state index in [-0.39, 0.29) is 12.0 Å². The third kappa shape index (κ3) is 3.47. The number of amides is 1. The van der Waals surface area contributed by atoms with Gasteiger partial charge in [-0.1, -0.05) is 6.07 Å². The minimum absolute atomic E-state index is 0.184. The van der Waals surface area contributed by atoms with E-state index in [2.05, 4.69) is 4.98 Å². The molecular weight excluding hydrogens is 306 g/mol. The fourth-order valence-corrected chi connectivity index (χ4v) is 3.08. The van der Waals surface area contributed by atoms with E-state index in [0.29, 0.717) is 6.54 Å². The molecule has 1 aromatic heterocycles. The van der Waals surface area contributed by atoms with Crippen molar-refractivity contribution in [1.29, 1.82) is 0 Å². The van der Waals surface area contributed by atoms with Crippen LogP contribution < -0.4 is 4.74 Å². The first-order valence-electron chi connectivity index (χ1n) is 8.38. The number of fused-ring (bicyclic) bond motifs is 1. The third-order valence-corrected chi connectivity index (χ3v) is 4.17. The molecule has 1 aliphatic rings. The van der Waals surface area contributed by atoms with E-state index in [4.69, 9.17) is 14.5 Å². The van der Waals surface area contributed by atoms with Crippen molar-refractivity contribution < 1.29 is 14.3 Å². The molecule has 6 nitrogen and oxygen atoms in total. The molecule has 0 bridgehead atoms. The number of aromatic nitrogens is 2. The van der Waals surface area contributed by atoms with Gasteiger partial charge in [-0.05, 0) is 45.7 Å². The van der Waals surface area contributed by atoms with Crippen molar-refractivity contribution >= 4 is 17.1 Å². The van der Waals surface area contributed by atoms with Gasteiger partial charge in [-0.25, -0.2) is 9.78 Å². The largest absolute Gasteiger partial charge is 0.494 e. The number of H-pyrrole nitrogens is 1. The van der Waals surface area contributed by atoms with Crippen LogP contribution in [0.1, 0.15) is 45.4 Å². The number of nitrogens with zero attached hydrogens (tertiary/aromatic N) is 2. The Hall–Kier alpha value is -2.24. The SMILES string of the molecule is COc1cccc2[nH]c([C@@H]3CCCN(C(=O)OC(C)(C)C)C3)nc12. The van der Waals surface area contributed by atoms with E-state index in [9.17, 15) is 4.79 Å². The normalized spacial score (nSPS) is 18.7. The van der Waals surface area contributed by atoms with Crippen LogP contribution in [0.4, 0.5) is 4.79 Å². The van der Waals surface area contributed by atoms with Gasteiger partial charge in [0.2, 0.25) is 0 Å². The maximum absolute atomic E-state index is 12.3. The Morgan fingerprint density at radius 1 is 1.38 bits per heavy atom. The molecule has 24 heavy (non-hydrogen) atoms. The lowest BCUT2D eigenvalue weighted by Crippen LogP contribution is -2.42. The molecule has 0 aliphatic carbocycles. The molecule has 6 heteroatoms. The summed E-state index contributed by atoms with van der Waals surface area (Å²) in [4.78, 5) is 22.2. The van der Waals surface area contributed by atoms with Gasteiger partial charge in [0, 0.05) is 19.0 Å². The number of imidazole rings is 1. The molecule has 0 saturated carbocycles. The lowest BCUT2D eigenvalue weighted by atomic mass is 9.98. The van der Waals surface area contributed by atoms with Gasteiger partial charge < -0.3 is 19.4 Å². The Balaban J connectivity index is 1.79. The molecule has 0 radical (unpaired) electrons. The second-order valence-corrected chi connectivity index (χ2v) is 7.24. The highest BCUT2D eigenvalue weighted by Gasteiger charge is 2.29. The fraction of sp³-hybridized carbons (Fsp3) is 0.556. The molecule has 2 heterocycles. The first kappa shape index (κ1) is 16.6. The van der Waals surface area contributed by atoms with Gasteiger partial charge in [0.25, 0.3) is 0 Å². The first-order valence-corrected chi connectivity index (χ1v) is 8.38. The number of likely N-dealkylation sites (tertiary alicyclic amines) is 1. The number of para-hydroxylation sites is 1. The van der Waals surface area contributed by atoms with Crippen LogP contribution in [0.15, 0.2) is 18.2 Å². The number of carbonyl (C=O) groups is 1. The number of rotatable bonds is 2. The Morgan fingerprint density at radius 3 is 2.88 bits per heavy atom. The molecule has 1 atom stereocenters. The highest BCUT2D eigenvalue weighted by atomic mass is 16.6. The van der Waals surface area contributed by atoms with E-state index in [1.807, 2.05) is 39.0 Å². The number of benzene rings is 1. The highest BCUT2D eigenvalue weighted by Crippen LogP contribution is 2.30. The van der Waals surface area contributed by atoms with Crippen molar-refractivity contribution in [3.8, 4) is 5.75 Å². The molecule has 0 unspecified atom stereocenters. The zero-order valence-electron chi connectivity index (χ0n) is 14.8. The van der Waals surface area contributed by atoms with Gasteiger partial charge in [-0.2, -0.15) is 0 Å². The maximum atomic E-state index is 12.3. The van der Waals surface area contributed by atoms with Gasteiger partial charge in [0.1, 0.15) is 22.7 Å². The molecule has 1 fully saturated rings. The summed E-state index contributed by atoms with van der Waals surface area (Å²) in [6, 6.07) is 5.83. The highest BCUT2D eigenvalue weighted by molar-refractivity contribution is 5.81. The van der Waals surface area contributed by atoms with Crippen LogP contribution in [-0.2, 0) is 4.74 Å². The minimum atomic E-state index is -0.475.